The van der Waals surface area contributed by atoms with Gasteiger partial charge in [-0.2, -0.15) is 13.2 Å². The van der Waals surface area contributed by atoms with Crippen molar-refractivity contribution in [1.82, 2.24) is 25.3 Å². The summed E-state index contributed by atoms with van der Waals surface area (Å²) in [5.41, 5.74) is 0. The quantitative estimate of drug-likeness (QED) is 0.915. The summed E-state index contributed by atoms with van der Waals surface area (Å²) in [5.74, 6) is -0.409. The van der Waals surface area contributed by atoms with E-state index < -0.39 is 12.0 Å². The number of halogens is 3. The Kier molecular flexibility index (Phi) is 4.24. The lowest BCUT2D eigenvalue weighted by Gasteiger charge is -2.28. The third kappa shape index (κ3) is 3.65. The molecule has 0 aromatic carbocycles. The van der Waals surface area contributed by atoms with Crippen LogP contribution in [0.3, 0.4) is 0 Å². The van der Waals surface area contributed by atoms with Crippen LogP contribution in [0.1, 0.15) is 5.82 Å². The molecule has 1 saturated heterocycles. The van der Waals surface area contributed by atoms with Crippen LogP contribution >= 0.6 is 0 Å². The van der Waals surface area contributed by atoms with E-state index in [2.05, 4.69) is 25.3 Å². The smallest absolute Gasteiger partial charge is 0.433 e. The Hall–Kier alpha value is -2.49. The van der Waals surface area contributed by atoms with Crippen molar-refractivity contribution in [1.29, 1.82) is 0 Å². The van der Waals surface area contributed by atoms with Crippen molar-refractivity contribution < 1.29 is 17.9 Å². The van der Waals surface area contributed by atoms with E-state index in [-0.39, 0.29) is 11.6 Å². The van der Waals surface area contributed by atoms with Gasteiger partial charge in [0.2, 0.25) is 5.82 Å². The van der Waals surface area contributed by atoms with Crippen LogP contribution in [0.25, 0.3) is 0 Å². The molecule has 23 heavy (non-hydrogen) atoms. The second kappa shape index (κ2) is 6.32. The second-order valence-electron chi connectivity index (χ2n) is 4.76. The number of hydrogen-bond acceptors (Lipinski definition) is 7. The largest absolute Gasteiger partial charge is 0.451 e. The van der Waals surface area contributed by atoms with Gasteiger partial charge in [0.1, 0.15) is 0 Å². The Morgan fingerprint density at radius 3 is 2.30 bits per heavy atom. The molecule has 0 amide bonds. The van der Waals surface area contributed by atoms with Crippen LogP contribution in [-0.2, 0) is 6.18 Å². The molecule has 0 spiro atoms. The molecule has 7 nitrogen and oxygen atoms in total. The van der Waals surface area contributed by atoms with Crippen molar-refractivity contribution in [3.8, 4) is 11.6 Å². The highest BCUT2D eigenvalue weighted by molar-refractivity contribution is 5.49. The van der Waals surface area contributed by atoms with Gasteiger partial charge in [-0.05, 0) is 0 Å². The van der Waals surface area contributed by atoms with Crippen LogP contribution in [0.2, 0.25) is 0 Å². The summed E-state index contributed by atoms with van der Waals surface area (Å²) in [5, 5.41) is 3.22. The Morgan fingerprint density at radius 1 is 1.00 bits per heavy atom. The first-order chi connectivity index (χ1) is 11.0. The second-order valence-corrected chi connectivity index (χ2v) is 4.76. The summed E-state index contributed by atoms with van der Waals surface area (Å²) in [6.45, 7) is 3.08. The van der Waals surface area contributed by atoms with Gasteiger partial charge in [0.15, 0.2) is 11.6 Å². The number of alkyl halides is 3. The summed E-state index contributed by atoms with van der Waals surface area (Å²) in [6.07, 6.45) is 0.328. The summed E-state index contributed by atoms with van der Waals surface area (Å²) in [6, 6.07) is 0. The highest BCUT2D eigenvalue weighted by Crippen LogP contribution is 2.29. The Labute approximate surface area is 129 Å². The lowest BCUT2D eigenvalue weighted by molar-refractivity contribution is -0.145. The van der Waals surface area contributed by atoms with Gasteiger partial charge in [0, 0.05) is 38.6 Å². The number of anilines is 1. The molecule has 1 N–H and O–H groups in total. The highest BCUT2D eigenvalue weighted by Gasteiger charge is 2.34. The first kappa shape index (κ1) is 15.4. The fourth-order valence-electron chi connectivity index (χ4n) is 2.11. The van der Waals surface area contributed by atoms with Gasteiger partial charge in [-0.3, -0.25) is 0 Å². The molecule has 0 saturated carbocycles. The third-order valence-corrected chi connectivity index (χ3v) is 3.16. The van der Waals surface area contributed by atoms with Crippen molar-refractivity contribution in [2.45, 2.75) is 6.18 Å². The van der Waals surface area contributed by atoms with Gasteiger partial charge >= 0.3 is 6.18 Å². The number of piperazine rings is 1. The van der Waals surface area contributed by atoms with Crippen LogP contribution < -0.4 is 15.0 Å². The van der Waals surface area contributed by atoms with E-state index in [1.54, 1.807) is 0 Å². The number of ether oxygens (including phenoxy) is 1. The first-order valence-electron chi connectivity index (χ1n) is 6.88. The zero-order valence-electron chi connectivity index (χ0n) is 11.9. The fraction of sp³-hybridized carbons (Fsp3) is 0.385. The van der Waals surface area contributed by atoms with Gasteiger partial charge in [-0.25, -0.2) is 19.9 Å². The molecule has 0 bridgehead atoms. The molecule has 2 aromatic rings. The zero-order valence-corrected chi connectivity index (χ0v) is 11.9. The predicted octanol–water partition coefficient (Wildman–Crippen LogP) is 1.49. The van der Waals surface area contributed by atoms with E-state index in [1.807, 2.05) is 4.90 Å². The number of nitrogens with one attached hydrogen (secondary N) is 1. The molecule has 0 unspecified atom stereocenters. The number of nitrogens with zero attached hydrogens (tertiary/aromatic N) is 5. The van der Waals surface area contributed by atoms with Gasteiger partial charge in [-0.1, -0.05) is 0 Å². The molecule has 1 aliphatic heterocycles. The SMILES string of the molecule is FC(F)(F)c1ncc(Oc2nccnc2N2CCNCC2)cn1. The fourth-order valence-corrected chi connectivity index (χ4v) is 2.11. The number of hydrogen-bond donors (Lipinski definition) is 1. The van der Waals surface area contributed by atoms with Gasteiger partial charge in [0.25, 0.3) is 5.88 Å². The summed E-state index contributed by atoms with van der Waals surface area (Å²) in [7, 11) is 0. The highest BCUT2D eigenvalue weighted by atomic mass is 19.4. The molecule has 0 atom stereocenters. The third-order valence-electron chi connectivity index (χ3n) is 3.16. The van der Waals surface area contributed by atoms with E-state index in [4.69, 9.17) is 4.74 Å². The molecule has 3 rings (SSSR count). The van der Waals surface area contributed by atoms with Gasteiger partial charge in [0.05, 0.1) is 12.4 Å². The molecule has 1 aliphatic rings. The zero-order chi connectivity index (χ0) is 16.3. The van der Waals surface area contributed by atoms with E-state index in [9.17, 15) is 13.2 Å². The van der Waals surface area contributed by atoms with Crippen molar-refractivity contribution in [3.63, 3.8) is 0 Å². The molecular weight excluding hydrogens is 313 g/mol. The Bertz CT molecular complexity index is 658. The minimum Gasteiger partial charge on any atom is -0.433 e. The standard InChI is InChI=1S/C13H13F3N6O/c14-13(15,16)12-20-7-9(8-21-12)23-11-10(18-1-2-19-11)22-5-3-17-4-6-22/h1-2,7-8,17H,3-6H2. The molecular formula is C13H13F3N6O. The molecule has 0 aliphatic carbocycles. The van der Waals surface area contributed by atoms with E-state index in [1.165, 1.54) is 12.4 Å². The van der Waals surface area contributed by atoms with Crippen LogP contribution in [-0.4, -0.2) is 46.1 Å². The van der Waals surface area contributed by atoms with Crippen molar-refractivity contribution >= 4 is 5.82 Å². The Balaban J connectivity index is 1.80. The molecule has 2 aromatic heterocycles. The maximum atomic E-state index is 12.5. The monoisotopic (exact) mass is 326 g/mol. The minimum atomic E-state index is -4.59. The molecule has 3 heterocycles. The molecule has 1 fully saturated rings. The maximum Gasteiger partial charge on any atom is 0.451 e. The molecule has 10 heteroatoms. The summed E-state index contributed by atoms with van der Waals surface area (Å²) < 4.78 is 42.9. The minimum absolute atomic E-state index is 0.0647. The van der Waals surface area contributed by atoms with E-state index >= 15 is 0 Å². The summed E-state index contributed by atoms with van der Waals surface area (Å²) >= 11 is 0. The Morgan fingerprint density at radius 2 is 1.65 bits per heavy atom. The van der Waals surface area contributed by atoms with Crippen LogP contribution in [0.15, 0.2) is 24.8 Å². The van der Waals surface area contributed by atoms with E-state index in [0.717, 1.165) is 38.6 Å². The van der Waals surface area contributed by atoms with Crippen molar-refractivity contribution in [2.24, 2.45) is 0 Å². The lowest BCUT2D eigenvalue weighted by atomic mass is 10.3. The van der Waals surface area contributed by atoms with Crippen LogP contribution in [0.4, 0.5) is 19.0 Å². The normalized spacial score (nSPS) is 15.5. The van der Waals surface area contributed by atoms with E-state index in [0.29, 0.717) is 5.82 Å². The number of rotatable bonds is 3. The number of aromatic nitrogens is 4. The maximum absolute atomic E-state index is 12.5. The topological polar surface area (TPSA) is 76.1 Å². The van der Waals surface area contributed by atoms with Crippen molar-refractivity contribution in [3.05, 3.63) is 30.6 Å². The van der Waals surface area contributed by atoms with Gasteiger partial charge < -0.3 is 15.0 Å². The van der Waals surface area contributed by atoms with Gasteiger partial charge in [-0.15, -0.1) is 0 Å². The lowest BCUT2D eigenvalue weighted by Crippen LogP contribution is -2.44. The van der Waals surface area contributed by atoms with Crippen LogP contribution in [0, 0.1) is 0 Å². The average molecular weight is 326 g/mol. The van der Waals surface area contributed by atoms with Crippen molar-refractivity contribution in [2.75, 3.05) is 31.1 Å². The summed E-state index contributed by atoms with van der Waals surface area (Å²) in [4.78, 5) is 16.8. The molecule has 0 radical (unpaired) electrons. The molecule has 122 valence electrons. The predicted molar refractivity (Wildman–Crippen MR) is 74.2 cm³/mol. The van der Waals surface area contributed by atoms with Crippen LogP contribution in [0.5, 0.6) is 11.6 Å². The first-order valence-corrected chi connectivity index (χ1v) is 6.88. The average Bonchev–Trinajstić information content (AvgIpc) is 2.56.